The lowest BCUT2D eigenvalue weighted by Gasteiger charge is -2.38. The van der Waals surface area contributed by atoms with Crippen LogP contribution >= 0.6 is 0 Å². The summed E-state index contributed by atoms with van der Waals surface area (Å²) >= 11 is 0. The number of amides is 1. The van der Waals surface area contributed by atoms with Gasteiger partial charge in [0, 0.05) is 6.20 Å². The minimum absolute atomic E-state index is 0.0350. The summed E-state index contributed by atoms with van der Waals surface area (Å²) in [5, 5.41) is -1.51. The van der Waals surface area contributed by atoms with Crippen LogP contribution in [0.1, 0.15) is 42.3 Å². The number of hydrogen-bond donors (Lipinski definition) is 0. The van der Waals surface area contributed by atoms with E-state index in [0.717, 1.165) is 23.2 Å². The van der Waals surface area contributed by atoms with E-state index >= 15 is 0 Å². The van der Waals surface area contributed by atoms with Crippen molar-refractivity contribution in [2.75, 3.05) is 0 Å². The molecule has 2 aliphatic rings. The van der Waals surface area contributed by atoms with Gasteiger partial charge in [0.1, 0.15) is 4.75 Å². The predicted molar refractivity (Wildman–Crippen MR) is 150 cm³/mol. The second kappa shape index (κ2) is 11.1. The Kier molecular flexibility index (Phi) is 7.93. The zero-order valence-corrected chi connectivity index (χ0v) is 24.8. The van der Waals surface area contributed by atoms with Crippen LogP contribution in [0.15, 0.2) is 84.6 Å². The molecule has 2 aliphatic heterocycles. The van der Waals surface area contributed by atoms with Crippen molar-refractivity contribution >= 4 is 37.9 Å². The summed E-state index contributed by atoms with van der Waals surface area (Å²) in [6.07, 6.45) is 1.37. The quantitative estimate of drug-likeness (QED) is 0.117. The van der Waals surface area contributed by atoms with Gasteiger partial charge in [-0.2, -0.15) is 21.6 Å². The van der Waals surface area contributed by atoms with E-state index in [4.69, 9.17) is 4.74 Å². The van der Waals surface area contributed by atoms with E-state index in [0.29, 0.717) is 11.1 Å². The highest BCUT2D eigenvalue weighted by molar-refractivity contribution is 7.94. The third-order valence-corrected chi connectivity index (χ3v) is 11.2. The van der Waals surface area contributed by atoms with E-state index in [1.165, 1.54) is 19.9 Å². The molecule has 3 heterocycles. The third-order valence-electron chi connectivity index (χ3n) is 7.44. The van der Waals surface area contributed by atoms with Crippen LogP contribution in [0.25, 0.3) is 6.08 Å². The number of alkyl halides is 3. The molecule has 5 rings (SSSR count). The Morgan fingerprint density at radius 3 is 2.16 bits per heavy atom. The van der Waals surface area contributed by atoms with Crippen LogP contribution in [0, 0.1) is 0 Å². The van der Waals surface area contributed by atoms with Crippen molar-refractivity contribution in [1.82, 2.24) is 9.88 Å². The maximum Gasteiger partial charge on any atom is 0.523 e. The topological polar surface area (TPSA) is 137 Å². The molecule has 10 nitrogen and oxygen atoms in total. The molecule has 0 spiro atoms. The monoisotopic (exact) mass is 650 g/mol. The summed E-state index contributed by atoms with van der Waals surface area (Å²) in [4.78, 5) is 32.0. The third kappa shape index (κ3) is 5.39. The number of carbonyl (C=O) groups is 2. The molecular formula is C29H25F3N2O8S2. The van der Waals surface area contributed by atoms with Crippen molar-refractivity contribution in [1.29, 1.82) is 0 Å². The number of hydrogen-bond acceptors (Lipinski definition) is 9. The van der Waals surface area contributed by atoms with Crippen LogP contribution in [0.2, 0.25) is 0 Å². The van der Waals surface area contributed by atoms with Crippen LogP contribution < -0.4 is 0 Å². The summed E-state index contributed by atoms with van der Waals surface area (Å²) in [5.41, 5.74) is -4.63. The minimum Gasteiger partial charge on any atom is -0.451 e. The van der Waals surface area contributed by atoms with E-state index < -0.39 is 66.2 Å². The van der Waals surface area contributed by atoms with Crippen LogP contribution in [0.3, 0.4) is 0 Å². The zero-order valence-electron chi connectivity index (χ0n) is 23.1. The van der Waals surface area contributed by atoms with Crippen LogP contribution in [0.5, 0.6) is 0 Å². The average Bonchev–Trinajstić information content (AvgIpc) is 3.12. The Hall–Kier alpha value is -4.08. The minimum atomic E-state index is -5.85. The van der Waals surface area contributed by atoms with Gasteiger partial charge in [0.05, 0.1) is 17.9 Å². The van der Waals surface area contributed by atoms with Gasteiger partial charge >= 0.3 is 21.6 Å². The number of fused-ring (bicyclic) bond motifs is 1. The molecule has 0 N–H and O–H groups in total. The van der Waals surface area contributed by atoms with Gasteiger partial charge in [0.15, 0.2) is 27.4 Å². The van der Waals surface area contributed by atoms with Gasteiger partial charge < -0.3 is 9.64 Å². The van der Waals surface area contributed by atoms with Crippen molar-refractivity contribution in [2.24, 2.45) is 0 Å². The molecule has 3 aromatic rings. The van der Waals surface area contributed by atoms with E-state index in [-0.39, 0.29) is 16.8 Å². The molecule has 0 aliphatic carbocycles. The SMILES string of the molecule is CC1(C)[C@H](C(=O)OC(c2ccccc2)c2ccccc2)N2C(=O)C(=Cc3cc(COS(=O)(=O)C(F)(F)F)ccn3)[C@H]2S1(=O)=O. The highest BCUT2D eigenvalue weighted by Gasteiger charge is 2.70. The van der Waals surface area contributed by atoms with Gasteiger partial charge in [-0.1, -0.05) is 60.7 Å². The first kappa shape index (κ1) is 31.3. The highest BCUT2D eigenvalue weighted by atomic mass is 32.2. The van der Waals surface area contributed by atoms with Gasteiger partial charge in [-0.15, -0.1) is 0 Å². The Bertz CT molecular complexity index is 1810. The molecular weight excluding hydrogens is 625 g/mol. The number of pyridine rings is 1. The predicted octanol–water partition coefficient (Wildman–Crippen LogP) is 3.91. The molecule has 15 heteroatoms. The largest absolute Gasteiger partial charge is 0.523 e. The smallest absolute Gasteiger partial charge is 0.451 e. The van der Waals surface area contributed by atoms with Crippen LogP contribution in [-0.4, -0.2) is 60.3 Å². The number of halogens is 3. The summed E-state index contributed by atoms with van der Waals surface area (Å²) in [7, 11) is -10.1. The van der Waals surface area contributed by atoms with E-state index in [2.05, 4.69) is 9.17 Å². The Morgan fingerprint density at radius 2 is 1.61 bits per heavy atom. The lowest BCUT2D eigenvalue weighted by molar-refractivity contribution is -0.160. The first-order valence-electron chi connectivity index (χ1n) is 13.0. The lowest BCUT2D eigenvalue weighted by atomic mass is 9.94. The van der Waals surface area contributed by atoms with E-state index in [9.17, 15) is 39.6 Å². The summed E-state index contributed by atoms with van der Waals surface area (Å²) in [5.74, 6) is -1.69. The first-order valence-corrected chi connectivity index (χ1v) is 16.0. The van der Waals surface area contributed by atoms with Gasteiger partial charge in [-0.25, -0.2) is 13.2 Å². The summed E-state index contributed by atoms with van der Waals surface area (Å²) in [6.45, 7) is 1.68. The van der Waals surface area contributed by atoms with Gasteiger partial charge in [-0.05, 0) is 48.7 Å². The van der Waals surface area contributed by atoms with Crippen molar-refractivity contribution < 1.29 is 48.5 Å². The fraction of sp³-hybridized carbons (Fsp3) is 0.276. The molecule has 2 aromatic carbocycles. The zero-order chi connectivity index (χ0) is 32.1. The number of carbonyl (C=O) groups excluding carboxylic acids is 2. The number of rotatable bonds is 8. The van der Waals surface area contributed by atoms with E-state index in [1.54, 1.807) is 60.7 Å². The molecule has 2 fully saturated rings. The number of benzene rings is 2. The molecule has 0 unspecified atom stereocenters. The van der Waals surface area contributed by atoms with Gasteiger partial charge in [0.2, 0.25) is 0 Å². The number of sulfone groups is 1. The molecule has 1 amide bonds. The second-order valence-corrected chi connectivity index (χ2v) is 14.8. The normalized spacial score (nSPS) is 21.6. The maximum atomic E-state index is 13.7. The number of esters is 1. The fourth-order valence-corrected chi connectivity index (χ4v) is 7.66. The highest BCUT2D eigenvalue weighted by Crippen LogP contribution is 2.49. The Morgan fingerprint density at radius 1 is 1.05 bits per heavy atom. The van der Waals surface area contributed by atoms with Crippen molar-refractivity contribution in [3.63, 3.8) is 0 Å². The molecule has 0 radical (unpaired) electrons. The molecule has 44 heavy (non-hydrogen) atoms. The van der Waals surface area contributed by atoms with Crippen molar-refractivity contribution in [2.45, 2.75) is 48.2 Å². The Labute approximate surface area is 251 Å². The molecule has 232 valence electrons. The number of ether oxygens (including phenoxy) is 1. The molecule has 2 saturated heterocycles. The van der Waals surface area contributed by atoms with Crippen molar-refractivity contribution in [3.05, 3.63) is 107 Å². The van der Waals surface area contributed by atoms with Crippen LogP contribution in [0.4, 0.5) is 13.2 Å². The summed E-state index contributed by atoms with van der Waals surface area (Å²) in [6, 6.07) is 18.5. The van der Waals surface area contributed by atoms with Gasteiger partial charge in [0.25, 0.3) is 5.91 Å². The van der Waals surface area contributed by atoms with Crippen molar-refractivity contribution in [3.8, 4) is 0 Å². The molecule has 0 bridgehead atoms. The average molecular weight is 651 g/mol. The molecule has 1 aromatic heterocycles. The lowest BCUT2D eigenvalue weighted by Crippen LogP contribution is -2.59. The maximum absolute atomic E-state index is 13.7. The number of nitrogens with zero attached hydrogens (tertiary/aromatic N) is 2. The molecule has 2 atom stereocenters. The second-order valence-electron chi connectivity index (χ2n) is 10.6. The van der Waals surface area contributed by atoms with E-state index in [1.807, 2.05) is 0 Å². The summed E-state index contributed by atoms with van der Waals surface area (Å²) < 4.78 is 95.8. The number of β-lactam (4-membered cyclic amide) rings is 1. The van der Waals surface area contributed by atoms with Crippen LogP contribution in [-0.2, 0) is 45.1 Å². The first-order chi connectivity index (χ1) is 20.6. The standard InChI is InChI=1S/C29H25F3N2O8S2/c1-28(2)24(27(36)42-23(19-9-5-3-6-10-19)20-11-7-4-8-12-20)34-25(35)22(26(34)43(28,37)38)16-21-15-18(13-14-33-21)17-41-44(39,40)29(30,31)32/h3-16,23-24,26H,17H2,1-2H3/t24-,26+/m0/s1. The van der Waals surface area contributed by atoms with Gasteiger partial charge in [-0.3, -0.25) is 14.0 Å². The molecule has 0 saturated carbocycles. The number of aromatic nitrogens is 1. The fourth-order valence-electron chi connectivity index (χ4n) is 5.12. The Balaban J connectivity index is 1.42.